The molecule has 0 aromatic heterocycles. The highest BCUT2D eigenvalue weighted by molar-refractivity contribution is 5.69. The fourth-order valence-electron chi connectivity index (χ4n) is 1.72. The van der Waals surface area contributed by atoms with E-state index in [1.807, 2.05) is 6.07 Å². The maximum Gasteiger partial charge on any atom is 0.305 e. The second-order valence-corrected chi connectivity index (χ2v) is 4.22. The van der Waals surface area contributed by atoms with Crippen LogP contribution in [0, 0.1) is 0 Å². The van der Waals surface area contributed by atoms with Crippen molar-refractivity contribution in [1.82, 2.24) is 5.32 Å². The van der Waals surface area contributed by atoms with Gasteiger partial charge in [-0.25, -0.2) is 0 Å². The van der Waals surface area contributed by atoms with Crippen LogP contribution in [0.25, 0.3) is 0 Å². The van der Waals surface area contributed by atoms with Crippen LogP contribution in [0.2, 0.25) is 0 Å². The molecule has 1 aromatic rings. The lowest BCUT2D eigenvalue weighted by Gasteiger charge is -2.13. The highest BCUT2D eigenvalue weighted by atomic mass is 16.5. The number of benzene rings is 1. The van der Waals surface area contributed by atoms with Crippen molar-refractivity contribution in [3.63, 3.8) is 0 Å². The molecule has 0 bridgehead atoms. The summed E-state index contributed by atoms with van der Waals surface area (Å²) in [6.07, 6.45) is 2.33. The van der Waals surface area contributed by atoms with Gasteiger partial charge in [-0.15, -0.1) is 0 Å². The lowest BCUT2D eigenvalue weighted by Crippen LogP contribution is -2.29. The van der Waals surface area contributed by atoms with Gasteiger partial charge >= 0.3 is 5.97 Å². The summed E-state index contributed by atoms with van der Waals surface area (Å²) in [6, 6.07) is 10.8. The van der Waals surface area contributed by atoms with Crippen LogP contribution in [0.4, 0.5) is 0 Å². The number of hydrogen-bond donors (Lipinski definition) is 1. The van der Waals surface area contributed by atoms with E-state index in [9.17, 15) is 4.79 Å². The Hall–Kier alpha value is -1.35. The molecule has 0 saturated heterocycles. The Balaban J connectivity index is 2.13. The molecule has 3 nitrogen and oxygen atoms in total. The molecule has 0 saturated carbocycles. The SMILES string of the molecule is COC(=O)CCCNC(C)Cc1ccccc1. The van der Waals surface area contributed by atoms with Gasteiger partial charge < -0.3 is 10.1 Å². The number of ether oxygens (including phenoxy) is 1. The predicted molar refractivity (Wildman–Crippen MR) is 68.9 cm³/mol. The molecule has 3 heteroatoms. The standard InChI is InChI=1S/C14H21NO2/c1-12(11-13-7-4-3-5-8-13)15-10-6-9-14(16)17-2/h3-5,7-8,12,15H,6,9-11H2,1-2H3. The number of esters is 1. The van der Waals surface area contributed by atoms with Gasteiger partial charge in [0.15, 0.2) is 0 Å². The molecule has 0 amide bonds. The smallest absolute Gasteiger partial charge is 0.305 e. The van der Waals surface area contributed by atoms with Gasteiger partial charge in [-0.2, -0.15) is 0 Å². The molecule has 0 radical (unpaired) electrons. The summed E-state index contributed by atoms with van der Waals surface area (Å²) >= 11 is 0. The minimum Gasteiger partial charge on any atom is -0.469 e. The van der Waals surface area contributed by atoms with Gasteiger partial charge in [0.25, 0.3) is 0 Å². The summed E-state index contributed by atoms with van der Waals surface area (Å²) in [6.45, 7) is 3.01. The summed E-state index contributed by atoms with van der Waals surface area (Å²) in [5.74, 6) is -0.137. The number of carbonyl (C=O) groups excluding carboxylic acids is 1. The third-order valence-corrected chi connectivity index (χ3v) is 2.66. The van der Waals surface area contributed by atoms with Gasteiger partial charge in [0.1, 0.15) is 0 Å². The Bertz CT molecular complexity index is 324. The van der Waals surface area contributed by atoms with Gasteiger partial charge in [-0.05, 0) is 31.9 Å². The van der Waals surface area contributed by atoms with E-state index in [0.717, 1.165) is 19.4 Å². The third-order valence-electron chi connectivity index (χ3n) is 2.66. The van der Waals surface area contributed by atoms with Crippen molar-refractivity contribution in [2.75, 3.05) is 13.7 Å². The minimum atomic E-state index is -0.137. The molecule has 94 valence electrons. The predicted octanol–water partition coefficient (Wildman–Crippen LogP) is 2.16. The molecule has 1 unspecified atom stereocenters. The van der Waals surface area contributed by atoms with Crippen molar-refractivity contribution in [2.45, 2.75) is 32.2 Å². The zero-order valence-electron chi connectivity index (χ0n) is 10.6. The maximum atomic E-state index is 10.9. The maximum absolute atomic E-state index is 10.9. The summed E-state index contributed by atoms with van der Waals surface area (Å²) < 4.78 is 4.59. The van der Waals surface area contributed by atoms with Crippen molar-refractivity contribution >= 4 is 5.97 Å². The van der Waals surface area contributed by atoms with E-state index in [1.165, 1.54) is 12.7 Å². The molecule has 1 atom stereocenters. The van der Waals surface area contributed by atoms with E-state index >= 15 is 0 Å². The lowest BCUT2D eigenvalue weighted by molar-refractivity contribution is -0.140. The monoisotopic (exact) mass is 235 g/mol. The van der Waals surface area contributed by atoms with Crippen LogP contribution in [-0.2, 0) is 16.0 Å². The Morgan fingerprint density at radius 1 is 1.35 bits per heavy atom. The van der Waals surface area contributed by atoms with E-state index in [2.05, 4.69) is 41.2 Å². The first-order chi connectivity index (χ1) is 8.22. The number of methoxy groups -OCH3 is 1. The van der Waals surface area contributed by atoms with E-state index in [4.69, 9.17) is 0 Å². The van der Waals surface area contributed by atoms with Crippen LogP contribution < -0.4 is 5.32 Å². The minimum absolute atomic E-state index is 0.137. The highest BCUT2D eigenvalue weighted by Gasteiger charge is 2.03. The van der Waals surface area contributed by atoms with Crippen LogP contribution in [-0.4, -0.2) is 25.7 Å². The molecule has 1 N–H and O–H groups in total. The van der Waals surface area contributed by atoms with Gasteiger partial charge in [0, 0.05) is 12.5 Å². The van der Waals surface area contributed by atoms with E-state index < -0.39 is 0 Å². The molecule has 1 aromatic carbocycles. The Kier molecular flexibility index (Phi) is 6.33. The second kappa shape index (κ2) is 7.85. The fourth-order valence-corrected chi connectivity index (χ4v) is 1.72. The van der Waals surface area contributed by atoms with Crippen LogP contribution >= 0.6 is 0 Å². The van der Waals surface area contributed by atoms with E-state index in [0.29, 0.717) is 12.5 Å². The molecular weight excluding hydrogens is 214 g/mol. The summed E-state index contributed by atoms with van der Waals surface area (Å²) in [5, 5.41) is 3.40. The van der Waals surface area contributed by atoms with Crippen molar-refractivity contribution in [3.05, 3.63) is 35.9 Å². The molecule has 0 spiro atoms. The molecule has 0 aliphatic carbocycles. The van der Waals surface area contributed by atoms with Gasteiger partial charge in [-0.3, -0.25) is 4.79 Å². The van der Waals surface area contributed by atoms with Crippen LogP contribution in [0.1, 0.15) is 25.3 Å². The van der Waals surface area contributed by atoms with Crippen molar-refractivity contribution in [3.8, 4) is 0 Å². The topological polar surface area (TPSA) is 38.3 Å². The van der Waals surface area contributed by atoms with E-state index in [-0.39, 0.29) is 5.97 Å². The summed E-state index contributed by atoms with van der Waals surface area (Å²) in [7, 11) is 1.42. The van der Waals surface area contributed by atoms with Crippen molar-refractivity contribution in [2.24, 2.45) is 0 Å². The molecule has 0 fully saturated rings. The van der Waals surface area contributed by atoms with E-state index in [1.54, 1.807) is 0 Å². The zero-order valence-corrected chi connectivity index (χ0v) is 10.6. The second-order valence-electron chi connectivity index (χ2n) is 4.22. The van der Waals surface area contributed by atoms with Crippen LogP contribution in [0.5, 0.6) is 0 Å². The number of rotatable bonds is 7. The average Bonchev–Trinajstić information content (AvgIpc) is 2.35. The van der Waals surface area contributed by atoms with Crippen molar-refractivity contribution in [1.29, 1.82) is 0 Å². The average molecular weight is 235 g/mol. The molecule has 0 heterocycles. The Labute approximate surface area is 103 Å². The third kappa shape index (κ3) is 6.07. The summed E-state index contributed by atoms with van der Waals surface area (Å²) in [5.41, 5.74) is 1.33. The first-order valence-electron chi connectivity index (χ1n) is 6.06. The van der Waals surface area contributed by atoms with Crippen LogP contribution in [0.15, 0.2) is 30.3 Å². The highest BCUT2D eigenvalue weighted by Crippen LogP contribution is 2.02. The van der Waals surface area contributed by atoms with Gasteiger partial charge in [0.2, 0.25) is 0 Å². The Morgan fingerprint density at radius 3 is 2.71 bits per heavy atom. The summed E-state index contributed by atoms with van der Waals surface area (Å²) in [4.78, 5) is 10.9. The van der Waals surface area contributed by atoms with Gasteiger partial charge in [-0.1, -0.05) is 30.3 Å². The Morgan fingerprint density at radius 2 is 2.06 bits per heavy atom. The molecule has 0 aliphatic heterocycles. The lowest BCUT2D eigenvalue weighted by atomic mass is 10.1. The molecule has 1 rings (SSSR count). The fraction of sp³-hybridized carbons (Fsp3) is 0.500. The number of nitrogens with one attached hydrogen (secondary N) is 1. The normalized spacial score (nSPS) is 12.1. The molecule has 17 heavy (non-hydrogen) atoms. The van der Waals surface area contributed by atoms with Gasteiger partial charge in [0.05, 0.1) is 7.11 Å². The van der Waals surface area contributed by atoms with Crippen molar-refractivity contribution < 1.29 is 9.53 Å². The largest absolute Gasteiger partial charge is 0.469 e. The quantitative estimate of drug-likeness (QED) is 0.581. The number of hydrogen-bond acceptors (Lipinski definition) is 3. The molecular formula is C14H21NO2. The first kappa shape index (κ1) is 13.7. The first-order valence-corrected chi connectivity index (χ1v) is 6.06. The number of carbonyl (C=O) groups is 1. The molecule has 0 aliphatic rings. The van der Waals surface area contributed by atoms with Crippen LogP contribution in [0.3, 0.4) is 0 Å². The zero-order chi connectivity index (χ0) is 12.5.